The molecule has 0 unspecified atom stereocenters. The van der Waals surface area contributed by atoms with E-state index in [1.165, 1.54) is 0 Å². The highest BCUT2D eigenvalue weighted by Gasteiger charge is 2.30. The molecule has 5 nitrogen and oxygen atoms in total. The lowest BCUT2D eigenvalue weighted by molar-refractivity contribution is 0.0348. The molecule has 2 heterocycles. The van der Waals surface area contributed by atoms with Crippen LogP contribution in [0.3, 0.4) is 0 Å². The Morgan fingerprint density at radius 3 is 2.39 bits per heavy atom. The van der Waals surface area contributed by atoms with E-state index in [1.54, 1.807) is 0 Å². The Kier molecular flexibility index (Phi) is 3.27. The molecule has 18 heavy (non-hydrogen) atoms. The van der Waals surface area contributed by atoms with Crippen molar-refractivity contribution in [3.8, 4) is 0 Å². The predicted octanol–water partition coefficient (Wildman–Crippen LogP) is 1.71. The Balaban J connectivity index is 2.28. The fraction of sp³-hybridized carbons (Fsp3) is 0.769. The van der Waals surface area contributed by atoms with Crippen LogP contribution in [0.2, 0.25) is 0 Å². The van der Waals surface area contributed by atoms with E-state index in [0.29, 0.717) is 6.04 Å². The van der Waals surface area contributed by atoms with Gasteiger partial charge in [-0.2, -0.15) is 5.10 Å². The van der Waals surface area contributed by atoms with Crippen molar-refractivity contribution >= 4 is 11.5 Å². The van der Waals surface area contributed by atoms with Crippen LogP contribution in [0.25, 0.3) is 0 Å². The van der Waals surface area contributed by atoms with Crippen molar-refractivity contribution in [1.82, 2.24) is 9.78 Å². The largest absolute Gasteiger partial charge is 0.394 e. The van der Waals surface area contributed by atoms with E-state index in [-0.39, 0.29) is 0 Å². The molecule has 2 rings (SSSR count). The van der Waals surface area contributed by atoms with Crippen molar-refractivity contribution < 1.29 is 5.11 Å². The van der Waals surface area contributed by atoms with Crippen LogP contribution in [0, 0.1) is 6.92 Å². The Hall–Kier alpha value is -1.23. The molecule has 1 aliphatic rings. The van der Waals surface area contributed by atoms with Crippen LogP contribution in [0.4, 0.5) is 11.5 Å². The van der Waals surface area contributed by atoms with Crippen LogP contribution in [-0.2, 0) is 0 Å². The molecule has 0 aliphatic carbocycles. The number of aryl methyl sites for hydroxylation is 1. The van der Waals surface area contributed by atoms with Gasteiger partial charge in [0, 0.05) is 19.1 Å². The van der Waals surface area contributed by atoms with Gasteiger partial charge in [0.25, 0.3) is 0 Å². The Bertz CT molecular complexity index is 426. The van der Waals surface area contributed by atoms with Crippen LogP contribution in [-0.4, -0.2) is 33.6 Å². The number of nitrogen functional groups attached to an aromatic ring is 1. The van der Waals surface area contributed by atoms with Gasteiger partial charge in [0.1, 0.15) is 0 Å². The van der Waals surface area contributed by atoms with Gasteiger partial charge in [-0.05, 0) is 40.5 Å². The lowest BCUT2D eigenvalue weighted by Gasteiger charge is -2.37. The monoisotopic (exact) mass is 252 g/mol. The van der Waals surface area contributed by atoms with Crippen molar-refractivity contribution in [2.75, 3.05) is 23.7 Å². The van der Waals surface area contributed by atoms with Gasteiger partial charge in [0.15, 0.2) is 5.82 Å². The molecular formula is C13H24N4O. The lowest BCUT2D eigenvalue weighted by atomic mass is 9.94. The number of hydrogen-bond donors (Lipinski definition) is 2. The summed E-state index contributed by atoms with van der Waals surface area (Å²) in [5, 5.41) is 14.5. The molecule has 1 fully saturated rings. The number of hydrogen-bond acceptors (Lipinski definition) is 4. The van der Waals surface area contributed by atoms with E-state index in [0.717, 1.165) is 43.1 Å². The summed E-state index contributed by atoms with van der Waals surface area (Å²) in [6.07, 6.45) is 1.55. The van der Waals surface area contributed by atoms with Gasteiger partial charge < -0.3 is 15.7 Å². The second-order valence-corrected chi connectivity index (χ2v) is 5.84. The molecule has 5 heteroatoms. The predicted molar refractivity (Wildman–Crippen MR) is 73.8 cm³/mol. The average Bonchev–Trinajstić information content (AvgIpc) is 2.57. The molecule has 0 amide bonds. The number of anilines is 2. The van der Waals surface area contributed by atoms with E-state index >= 15 is 0 Å². The Morgan fingerprint density at radius 1 is 1.33 bits per heavy atom. The Labute approximate surface area is 109 Å². The van der Waals surface area contributed by atoms with Crippen molar-refractivity contribution in [3.63, 3.8) is 0 Å². The smallest absolute Gasteiger partial charge is 0.150 e. The van der Waals surface area contributed by atoms with Crippen LogP contribution in [0.5, 0.6) is 0 Å². The molecule has 0 radical (unpaired) electrons. The highest BCUT2D eigenvalue weighted by molar-refractivity contribution is 5.66. The quantitative estimate of drug-likeness (QED) is 0.841. The molecule has 1 aromatic heterocycles. The summed E-state index contributed by atoms with van der Waals surface area (Å²) < 4.78 is 1.99. The Morgan fingerprint density at radius 2 is 1.89 bits per heavy atom. The lowest BCUT2D eigenvalue weighted by Crippen LogP contribution is -2.43. The topological polar surface area (TPSA) is 67.3 Å². The summed E-state index contributed by atoms with van der Waals surface area (Å²) in [5.74, 6) is 1.01. The van der Waals surface area contributed by atoms with Crippen molar-refractivity contribution in [3.05, 3.63) is 5.69 Å². The molecule has 0 spiro atoms. The molecule has 0 saturated carbocycles. The van der Waals surface area contributed by atoms with E-state index in [2.05, 4.69) is 23.8 Å². The van der Waals surface area contributed by atoms with Gasteiger partial charge in [0.05, 0.1) is 17.0 Å². The van der Waals surface area contributed by atoms with Crippen LogP contribution in [0.1, 0.15) is 45.3 Å². The highest BCUT2D eigenvalue weighted by Crippen LogP contribution is 2.33. The molecule has 102 valence electrons. The van der Waals surface area contributed by atoms with Crippen molar-refractivity contribution in [2.45, 2.75) is 52.2 Å². The molecular weight excluding hydrogens is 228 g/mol. The van der Waals surface area contributed by atoms with Gasteiger partial charge in [-0.1, -0.05) is 0 Å². The number of piperidine rings is 1. The summed E-state index contributed by atoms with van der Waals surface area (Å²) in [7, 11) is 0. The summed E-state index contributed by atoms with van der Waals surface area (Å²) in [6.45, 7) is 9.71. The maximum Gasteiger partial charge on any atom is 0.150 e. The first-order valence-corrected chi connectivity index (χ1v) is 6.64. The number of nitrogens with two attached hydrogens (primary N) is 1. The minimum Gasteiger partial charge on any atom is -0.394 e. The van der Waals surface area contributed by atoms with Crippen LogP contribution >= 0.6 is 0 Å². The SMILES string of the molecule is Cc1nn(C(C)C)c(N2CCC(C)(O)CC2)c1N. The van der Waals surface area contributed by atoms with Crippen molar-refractivity contribution in [2.24, 2.45) is 0 Å². The minimum atomic E-state index is -0.539. The maximum absolute atomic E-state index is 10.0. The van der Waals surface area contributed by atoms with Crippen molar-refractivity contribution in [1.29, 1.82) is 0 Å². The fourth-order valence-corrected chi connectivity index (χ4v) is 2.42. The van der Waals surface area contributed by atoms with Gasteiger partial charge in [-0.25, -0.2) is 4.68 Å². The summed E-state index contributed by atoms with van der Waals surface area (Å²) in [6, 6.07) is 0.290. The summed E-state index contributed by atoms with van der Waals surface area (Å²) in [5.41, 5.74) is 7.27. The molecule has 1 aromatic rings. The third-order valence-electron chi connectivity index (χ3n) is 3.73. The van der Waals surface area contributed by atoms with Crippen LogP contribution < -0.4 is 10.6 Å². The second-order valence-electron chi connectivity index (χ2n) is 5.84. The molecule has 0 atom stereocenters. The number of nitrogens with zero attached hydrogens (tertiary/aromatic N) is 3. The number of rotatable bonds is 2. The molecule has 3 N–H and O–H groups in total. The van der Waals surface area contributed by atoms with Gasteiger partial charge in [-0.15, -0.1) is 0 Å². The average molecular weight is 252 g/mol. The van der Waals surface area contributed by atoms with E-state index in [4.69, 9.17) is 5.73 Å². The zero-order chi connectivity index (χ0) is 13.5. The first kappa shape index (κ1) is 13.2. The zero-order valence-corrected chi connectivity index (χ0v) is 11.8. The highest BCUT2D eigenvalue weighted by atomic mass is 16.3. The third-order valence-corrected chi connectivity index (χ3v) is 3.73. The second kappa shape index (κ2) is 4.46. The molecule has 1 aliphatic heterocycles. The van der Waals surface area contributed by atoms with Gasteiger partial charge in [-0.3, -0.25) is 0 Å². The van der Waals surface area contributed by atoms with Gasteiger partial charge >= 0.3 is 0 Å². The number of aromatic nitrogens is 2. The van der Waals surface area contributed by atoms with Gasteiger partial charge in [0.2, 0.25) is 0 Å². The standard InChI is InChI=1S/C13H24N4O/c1-9(2)17-12(11(14)10(3)15-17)16-7-5-13(4,18)6-8-16/h9,18H,5-8,14H2,1-4H3. The summed E-state index contributed by atoms with van der Waals surface area (Å²) in [4.78, 5) is 2.24. The van der Waals surface area contributed by atoms with Crippen LogP contribution in [0.15, 0.2) is 0 Å². The van der Waals surface area contributed by atoms with E-state index in [1.807, 2.05) is 18.5 Å². The number of aliphatic hydroxyl groups is 1. The maximum atomic E-state index is 10.0. The fourth-order valence-electron chi connectivity index (χ4n) is 2.42. The molecule has 1 saturated heterocycles. The molecule has 0 aromatic carbocycles. The zero-order valence-electron chi connectivity index (χ0n) is 11.8. The first-order chi connectivity index (χ1) is 8.32. The molecule has 0 bridgehead atoms. The summed E-state index contributed by atoms with van der Waals surface area (Å²) >= 11 is 0. The third kappa shape index (κ3) is 2.32. The van der Waals surface area contributed by atoms with E-state index < -0.39 is 5.60 Å². The normalized spacial score (nSPS) is 19.6. The first-order valence-electron chi connectivity index (χ1n) is 6.64. The van der Waals surface area contributed by atoms with E-state index in [9.17, 15) is 5.11 Å². The minimum absolute atomic E-state index is 0.290.